The smallest absolute Gasteiger partial charge is 0.365 e. The van der Waals surface area contributed by atoms with Gasteiger partial charge in [0, 0.05) is 0 Å². The molecular weight excluding hydrogens is 897 g/mol. The maximum absolute atomic E-state index is 11.8. The molecule has 2 saturated heterocycles. The second-order valence-corrected chi connectivity index (χ2v) is 16.5. The molecule has 6 heterocycles. The van der Waals surface area contributed by atoms with Crippen molar-refractivity contribution in [3.63, 3.8) is 0 Å². The standard InChI is InChI=1S/2C14H19ClN5O9P/c2*1-2-27-12(23)13(30(24,25)26)28-3-5-7(21)8(22)11(29-5)20-4-17-6-9(16)18-14(15)19-10(6)20/h2*4-5,7-8,11,13,21-22H,2-3H2,1H3,(H2,16,18,19)(H2,24,25,26)/t5-,7-,8-,11-,13+;5-,7-,8-,11-,13-/m11/s1. The summed E-state index contributed by atoms with van der Waals surface area (Å²) in [4.78, 5) is 84.3. The number of carbonyl (C=O) groups is 2. The van der Waals surface area contributed by atoms with Crippen molar-refractivity contribution in [3.8, 4) is 0 Å². The summed E-state index contributed by atoms with van der Waals surface area (Å²) in [5.41, 5.74) is 12.1. The maximum Gasteiger partial charge on any atom is 0.365 e. The molecule has 32 heteroatoms. The van der Waals surface area contributed by atoms with Crippen LogP contribution in [0.2, 0.25) is 10.6 Å². The first-order valence-electron chi connectivity index (χ1n) is 17.1. The number of nitrogens with zero attached hydrogens (tertiary/aromatic N) is 8. The molecule has 0 unspecified atom stereocenters. The molecule has 0 radical (unpaired) electrons. The Bertz CT molecular complexity index is 2120. The van der Waals surface area contributed by atoms with Crippen LogP contribution in [0, 0.1) is 0 Å². The number of esters is 2. The number of nitrogens with two attached hydrogens (primary N) is 2. The van der Waals surface area contributed by atoms with Gasteiger partial charge in [0.1, 0.15) is 47.7 Å². The molecule has 10 atom stereocenters. The average Bonchev–Trinajstić information content (AvgIpc) is 3.90. The number of imidazole rings is 2. The number of aromatic nitrogens is 8. The first kappa shape index (κ1) is 47.3. The third-order valence-corrected chi connectivity index (χ3v) is 10.8. The van der Waals surface area contributed by atoms with Crippen LogP contribution in [-0.4, -0.2) is 166 Å². The zero-order chi connectivity index (χ0) is 44.4. The summed E-state index contributed by atoms with van der Waals surface area (Å²) in [6, 6.07) is 0. The Balaban J connectivity index is 0.000000228. The summed E-state index contributed by atoms with van der Waals surface area (Å²) >= 11 is 11.6. The van der Waals surface area contributed by atoms with E-state index in [1.807, 2.05) is 0 Å². The third-order valence-electron chi connectivity index (χ3n) is 8.49. The van der Waals surface area contributed by atoms with E-state index in [0.717, 1.165) is 0 Å². The summed E-state index contributed by atoms with van der Waals surface area (Å²) in [5, 5.41) is 41.0. The number of anilines is 2. The van der Waals surface area contributed by atoms with Crippen molar-refractivity contribution < 1.29 is 87.1 Å². The molecule has 60 heavy (non-hydrogen) atoms. The highest BCUT2D eigenvalue weighted by atomic mass is 35.5. The van der Waals surface area contributed by atoms with Gasteiger partial charge >= 0.3 is 27.1 Å². The fourth-order valence-electron chi connectivity index (χ4n) is 5.79. The molecule has 6 rings (SSSR count). The molecule has 0 aliphatic carbocycles. The molecule has 2 fully saturated rings. The van der Waals surface area contributed by atoms with Gasteiger partial charge in [-0.1, -0.05) is 0 Å². The second-order valence-electron chi connectivity index (χ2n) is 12.6. The quantitative estimate of drug-likeness (QED) is 0.0356. The molecule has 28 nitrogen and oxygen atoms in total. The Morgan fingerprint density at radius 2 is 1.05 bits per heavy atom. The van der Waals surface area contributed by atoms with Crippen LogP contribution < -0.4 is 11.5 Å². The zero-order valence-corrected chi connectivity index (χ0v) is 34.1. The monoisotopic (exact) mass is 934 g/mol. The molecule has 2 aliphatic heterocycles. The summed E-state index contributed by atoms with van der Waals surface area (Å²) in [7, 11) is -10.0. The number of rotatable bonds is 14. The topological polar surface area (TPSA) is 425 Å². The van der Waals surface area contributed by atoms with E-state index in [4.69, 9.17) is 53.6 Å². The Labute approximate surface area is 345 Å². The molecule has 2 aliphatic rings. The van der Waals surface area contributed by atoms with Crippen LogP contribution in [-0.2, 0) is 47.1 Å². The SMILES string of the molecule is CCOC(=O)[C@@H](OC[C@H]1O[C@@H](n2cnc3c(N)nc(Cl)nc32)[C@H](O)[C@@H]1O)P(=O)(O)O.CCOC(=O)[C@H](OC[C@H]1O[C@@H](n2cnc3c(N)nc(Cl)nc32)[C@H](O)[C@@H]1O)P(=O)(O)O. The van der Waals surface area contributed by atoms with Gasteiger partial charge in [0.25, 0.3) is 11.7 Å². The second kappa shape index (κ2) is 19.1. The van der Waals surface area contributed by atoms with Crippen molar-refractivity contribution >= 4 is 84.3 Å². The summed E-state index contributed by atoms with van der Waals surface area (Å²) in [5.74, 6) is -6.95. The lowest BCUT2D eigenvalue weighted by molar-refractivity contribution is -0.156. The fraction of sp³-hybridized carbons (Fsp3) is 0.571. The van der Waals surface area contributed by atoms with E-state index >= 15 is 0 Å². The van der Waals surface area contributed by atoms with Crippen molar-refractivity contribution in [3.05, 3.63) is 23.2 Å². The van der Waals surface area contributed by atoms with Crippen LogP contribution in [0.4, 0.5) is 11.6 Å². The van der Waals surface area contributed by atoms with Gasteiger partial charge in [-0.15, -0.1) is 0 Å². The van der Waals surface area contributed by atoms with Crippen molar-refractivity contribution in [1.82, 2.24) is 39.0 Å². The van der Waals surface area contributed by atoms with Gasteiger partial charge in [-0.05, 0) is 37.0 Å². The lowest BCUT2D eigenvalue weighted by Crippen LogP contribution is -2.36. The van der Waals surface area contributed by atoms with Gasteiger partial charge in [-0.3, -0.25) is 18.3 Å². The van der Waals surface area contributed by atoms with Crippen LogP contribution >= 0.6 is 38.4 Å². The molecule has 4 aromatic heterocycles. The first-order chi connectivity index (χ1) is 28.1. The van der Waals surface area contributed by atoms with Gasteiger partial charge in [-0.25, -0.2) is 19.6 Å². The minimum atomic E-state index is -5.02. The van der Waals surface area contributed by atoms with E-state index in [1.165, 1.54) is 35.6 Å². The van der Waals surface area contributed by atoms with Crippen LogP contribution in [0.25, 0.3) is 22.3 Å². The lowest BCUT2D eigenvalue weighted by atomic mass is 10.1. The van der Waals surface area contributed by atoms with E-state index < -0.39 is 101 Å². The highest BCUT2D eigenvalue weighted by Gasteiger charge is 2.48. The number of carbonyl (C=O) groups excluding carboxylic acids is 2. The van der Waals surface area contributed by atoms with Crippen LogP contribution in [0.1, 0.15) is 26.3 Å². The van der Waals surface area contributed by atoms with E-state index in [0.29, 0.717) is 0 Å². The van der Waals surface area contributed by atoms with Crippen molar-refractivity contribution in [2.75, 3.05) is 37.9 Å². The predicted octanol–water partition coefficient (Wildman–Crippen LogP) is -2.47. The minimum absolute atomic E-state index is 0.00408. The van der Waals surface area contributed by atoms with Gasteiger partial charge < -0.3 is 79.9 Å². The Morgan fingerprint density at radius 3 is 1.37 bits per heavy atom. The third kappa shape index (κ3) is 10.3. The lowest BCUT2D eigenvalue weighted by Gasteiger charge is -2.20. The zero-order valence-electron chi connectivity index (χ0n) is 30.8. The first-order valence-corrected chi connectivity index (χ1v) is 21.2. The number of nitrogen functional groups attached to an aromatic ring is 2. The Hall–Kier alpha value is -3.80. The number of fused-ring (bicyclic) bond motifs is 2. The fourth-order valence-corrected chi connectivity index (χ4v) is 7.39. The largest absolute Gasteiger partial charge is 0.464 e. The van der Waals surface area contributed by atoms with Crippen LogP contribution in [0.3, 0.4) is 0 Å². The molecule has 4 aromatic rings. The van der Waals surface area contributed by atoms with Gasteiger partial charge in [-0.2, -0.15) is 19.9 Å². The molecule has 0 spiro atoms. The van der Waals surface area contributed by atoms with Crippen LogP contribution in [0.5, 0.6) is 0 Å². The molecule has 332 valence electrons. The number of hydrogen-bond acceptors (Lipinski definition) is 22. The number of hydrogen-bond donors (Lipinski definition) is 10. The molecule has 0 saturated carbocycles. The molecule has 0 bridgehead atoms. The van der Waals surface area contributed by atoms with Crippen molar-refractivity contribution in [2.24, 2.45) is 0 Å². The minimum Gasteiger partial charge on any atom is -0.464 e. The molecule has 0 aromatic carbocycles. The maximum atomic E-state index is 11.8. The van der Waals surface area contributed by atoms with Crippen LogP contribution in [0.15, 0.2) is 12.7 Å². The number of ether oxygens (including phenoxy) is 6. The molecule has 12 N–H and O–H groups in total. The van der Waals surface area contributed by atoms with E-state index in [2.05, 4.69) is 39.4 Å². The summed E-state index contributed by atoms with van der Waals surface area (Å²) in [6.07, 6.45) is -8.48. The van der Waals surface area contributed by atoms with E-state index in [1.54, 1.807) is 0 Å². The number of aliphatic hydroxyl groups excluding tert-OH is 4. The van der Waals surface area contributed by atoms with Gasteiger partial charge in [0.05, 0.1) is 39.1 Å². The molecular formula is C28H38Cl2N10O18P2. The highest BCUT2D eigenvalue weighted by molar-refractivity contribution is 7.53. The van der Waals surface area contributed by atoms with Gasteiger partial charge in [0.2, 0.25) is 10.6 Å². The predicted molar refractivity (Wildman–Crippen MR) is 198 cm³/mol. The normalized spacial score (nSPS) is 25.5. The van der Waals surface area contributed by atoms with E-state index in [9.17, 15) is 58.7 Å². The van der Waals surface area contributed by atoms with Crippen molar-refractivity contribution in [2.45, 2.75) is 74.6 Å². The Kier molecular flexibility index (Phi) is 15.0. The Morgan fingerprint density at radius 1 is 0.700 bits per heavy atom. The summed E-state index contributed by atoms with van der Waals surface area (Å²) < 4.78 is 55.9. The van der Waals surface area contributed by atoms with Crippen molar-refractivity contribution in [1.29, 1.82) is 0 Å². The summed E-state index contributed by atoms with van der Waals surface area (Å²) in [6.45, 7) is 1.41. The highest BCUT2D eigenvalue weighted by Crippen LogP contribution is 2.44. The van der Waals surface area contributed by atoms with Gasteiger partial charge in [0.15, 0.2) is 35.4 Å². The number of aliphatic hydroxyl groups is 4. The molecule has 0 amide bonds. The average molecular weight is 936 g/mol. The van der Waals surface area contributed by atoms with E-state index in [-0.39, 0.29) is 57.7 Å². The number of halogens is 2.